The molecule has 0 heterocycles. The summed E-state index contributed by atoms with van der Waals surface area (Å²) in [6, 6.07) is 16.6. The maximum absolute atomic E-state index is 10.6. The summed E-state index contributed by atoms with van der Waals surface area (Å²) < 4.78 is 6.07. The molecule has 1 unspecified atom stereocenters. The van der Waals surface area contributed by atoms with Crippen molar-refractivity contribution in [3.05, 3.63) is 71.3 Å². The maximum Gasteiger partial charge on any atom is 0.303 e. The van der Waals surface area contributed by atoms with Gasteiger partial charge in [-0.15, -0.1) is 0 Å². The number of para-hydroxylation sites is 1. The van der Waals surface area contributed by atoms with Crippen molar-refractivity contribution in [1.29, 1.82) is 0 Å². The van der Waals surface area contributed by atoms with Crippen LogP contribution in [0.3, 0.4) is 0 Å². The smallest absolute Gasteiger partial charge is 0.303 e. The molecule has 1 atom stereocenters. The average molecular weight is 423 g/mol. The van der Waals surface area contributed by atoms with Gasteiger partial charge in [-0.1, -0.05) is 73.9 Å². The Morgan fingerprint density at radius 2 is 1.77 bits per heavy atom. The van der Waals surface area contributed by atoms with E-state index < -0.39 is 12.1 Å². The third kappa shape index (κ3) is 7.87. The van der Waals surface area contributed by atoms with Crippen LogP contribution in [0.2, 0.25) is 0 Å². The number of aliphatic carboxylic acids is 1. The summed E-state index contributed by atoms with van der Waals surface area (Å²) in [7, 11) is 0. The van der Waals surface area contributed by atoms with Crippen molar-refractivity contribution in [3.8, 4) is 5.75 Å². The maximum atomic E-state index is 10.6. The Balaban J connectivity index is 1.51. The lowest BCUT2D eigenvalue weighted by Crippen LogP contribution is -2.05. The monoisotopic (exact) mass is 422 g/mol. The van der Waals surface area contributed by atoms with Gasteiger partial charge in [-0.05, 0) is 55.2 Å². The molecule has 0 saturated heterocycles. The standard InChI is InChI=1S/C27H34O4/c28-25(11-5-7-13-27(29)30)19-18-24-10-4-6-12-26(24)31-20-21-14-16-23(17-15-21)22-8-2-1-3-9-22/h4,6,10,12,14-19,22,25,28H,1-3,5,7-9,11,13,20H2,(H,29,30)/b19-18+. The number of ether oxygens (including phenoxy) is 1. The number of rotatable bonds is 11. The molecule has 2 N–H and O–H groups in total. The predicted molar refractivity (Wildman–Crippen MR) is 124 cm³/mol. The Kier molecular flexibility index (Phi) is 9.16. The minimum atomic E-state index is -0.792. The molecule has 3 rings (SSSR count). The molecule has 2 aromatic carbocycles. The molecular weight excluding hydrogens is 388 g/mol. The summed E-state index contributed by atoms with van der Waals surface area (Å²) in [6.45, 7) is 0.507. The number of benzene rings is 2. The number of hydrogen-bond acceptors (Lipinski definition) is 3. The van der Waals surface area contributed by atoms with Crippen LogP contribution in [-0.2, 0) is 11.4 Å². The average Bonchev–Trinajstić information content (AvgIpc) is 2.80. The number of carboxylic acid groups (broad SMARTS) is 1. The van der Waals surface area contributed by atoms with E-state index in [-0.39, 0.29) is 6.42 Å². The van der Waals surface area contributed by atoms with Crippen molar-refractivity contribution in [2.75, 3.05) is 0 Å². The number of aliphatic hydroxyl groups is 1. The molecule has 0 radical (unpaired) electrons. The third-order valence-corrected chi connectivity index (χ3v) is 6.01. The summed E-state index contributed by atoms with van der Waals surface area (Å²) >= 11 is 0. The van der Waals surface area contributed by atoms with Crippen molar-refractivity contribution in [2.45, 2.75) is 76.4 Å². The van der Waals surface area contributed by atoms with E-state index in [1.54, 1.807) is 6.08 Å². The largest absolute Gasteiger partial charge is 0.488 e. The van der Waals surface area contributed by atoms with Gasteiger partial charge in [0.05, 0.1) is 6.10 Å². The minimum Gasteiger partial charge on any atom is -0.488 e. The van der Waals surface area contributed by atoms with Crippen LogP contribution in [-0.4, -0.2) is 22.3 Å². The van der Waals surface area contributed by atoms with E-state index in [2.05, 4.69) is 24.3 Å². The van der Waals surface area contributed by atoms with Crippen LogP contribution >= 0.6 is 0 Å². The van der Waals surface area contributed by atoms with Crippen LogP contribution in [0.5, 0.6) is 5.75 Å². The molecule has 4 heteroatoms. The van der Waals surface area contributed by atoms with Gasteiger partial charge in [0.2, 0.25) is 0 Å². The van der Waals surface area contributed by atoms with E-state index in [9.17, 15) is 9.90 Å². The predicted octanol–water partition coefficient (Wildman–Crippen LogP) is 6.33. The van der Waals surface area contributed by atoms with Gasteiger partial charge in [0, 0.05) is 12.0 Å². The lowest BCUT2D eigenvalue weighted by molar-refractivity contribution is -0.137. The molecule has 2 aromatic rings. The Hall–Kier alpha value is -2.59. The Morgan fingerprint density at radius 3 is 2.52 bits per heavy atom. The number of carboxylic acids is 1. The molecule has 1 aliphatic rings. The molecule has 0 amide bonds. The number of carbonyl (C=O) groups is 1. The molecule has 1 saturated carbocycles. The fourth-order valence-corrected chi connectivity index (χ4v) is 4.17. The van der Waals surface area contributed by atoms with Crippen molar-refractivity contribution in [1.82, 2.24) is 0 Å². The van der Waals surface area contributed by atoms with Gasteiger partial charge in [0.15, 0.2) is 0 Å². The van der Waals surface area contributed by atoms with Crippen LogP contribution in [0, 0.1) is 0 Å². The van der Waals surface area contributed by atoms with E-state index in [1.807, 2.05) is 30.3 Å². The quantitative estimate of drug-likeness (QED) is 0.415. The zero-order chi connectivity index (χ0) is 21.9. The highest BCUT2D eigenvalue weighted by Gasteiger charge is 2.15. The first-order chi connectivity index (χ1) is 15.1. The summed E-state index contributed by atoms with van der Waals surface area (Å²) in [5, 5.41) is 18.8. The van der Waals surface area contributed by atoms with Gasteiger partial charge in [0.25, 0.3) is 0 Å². The van der Waals surface area contributed by atoms with E-state index in [0.29, 0.717) is 31.8 Å². The summed E-state index contributed by atoms with van der Waals surface area (Å²) in [5.41, 5.74) is 3.52. The van der Waals surface area contributed by atoms with Crippen LogP contribution < -0.4 is 4.74 Å². The second kappa shape index (κ2) is 12.3. The van der Waals surface area contributed by atoms with E-state index in [4.69, 9.17) is 9.84 Å². The molecule has 166 valence electrons. The van der Waals surface area contributed by atoms with E-state index in [1.165, 1.54) is 37.7 Å². The van der Waals surface area contributed by atoms with Crippen LogP contribution in [0.1, 0.15) is 80.4 Å². The van der Waals surface area contributed by atoms with Gasteiger partial charge < -0.3 is 14.9 Å². The van der Waals surface area contributed by atoms with Gasteiger partial charge in [-0.3, -0.25) is 4.79 Å². The fraction of sp³-hybridized carbons (Fsp3) is 0.444. The first kappa shape index (κ1) is 23.1. The fourth-order valence-electron chi connectivity index (χ4n) is 4.17. The molecule has 1 fully saturated rings. The number of aliphatic hydroxyl groups excluding tert-OH is 1. The first-order valence-electron chi connectivity index (χ1n) is 11.5. The molecule has 1 aliphatic carbocycles. The summed E-state index contributed by atoms with van der Waals surface area (Å²) in [4.78, 5) is 10.6. The van der Waals surface area contributed by atoms with Gasteiger partial charge >= 0.3 is 5.97 Å². The van der Waals surface area contributed by atoms with Crippen molar-refractivity contribution in [3.63, 3.8) is 0 Å². The molecule has 0 aromatic heterocycles. The van der Waals surface area contributed by atoms with E-state index in [0.717, 1.165) is 16.9 Å². The van der Waals surface area contributed by atoms with Crippen molar-refractivity contribution < 1.29 is 19.7 Å². The summed E-state index contributed by atoms with van der Waals surface area (Å²) in [5.74, 6) is 0.707. The molecule has 0 spiro atoms. The van der Waals surface area contributed by atoms with Crippen molar-refractivity contribution in [2.24, 2.45) is 0 Å². The van der Waals surface area contributed by atoms with Gasteiger partial charge in [-0.2, -0.15) is 0 Å². The Bertz CT molecular complexity index is 835. The topological polar surface area (TPSA) is 66.8 Å². The Morgan fingerprint density at radius 1 is 1.03 bits per heavy atom. The van der Waals surface area contributed by atoms with Gasteiger partial charge in [0.1, 0.15) is 12.4 Å². The molecule has 0 bridgehead atoms. The lowest BCUT2D eigenvalue weighted by atomic mass is 9.84. The highest BCUT2D eigenvalue weighted by molar-refractivity contribution is 5.66. The third-order valence-electron chi connectivity index (χ3n) is 6.01. The van der Waals surface area contributed by atoms with Crippen LogP contribution in [0.4, 0.5) is 0 Å². The zero-order valence-electron chi connectivity index (χ0n) is 18.2. The van der Waals surface area contributed by atoms with E-state index >= 15 is 0 Å². The van der Waals surface area contributed by atoms with Crippen LogP contribution in [0.25, 0.3) is 6.08 Å². The second-order valence-corrected chi connectivity index (χ2v) is 8.47. The first-order valence-corrected chi connectivity index (χ1v) is 11.5. The van der Waals surface area contributed by atoms with Crippen molar-refractivity contribution >= 4 is 12.0 Å². The SMILES string of the molecule is O=C(O)CCCCC(O)/C=C/c1ccccc1OCc1ccc(C2CCCCC2)cc1. The van der Waals surface area contributed by atoms with Gasteiger partial charge in [-0.25, -0.2) is 0 Å². The molecule has 31 heavy (non-hydrogen) atoms. The number of unbranched alkanes of at least 4 members (excludes halogenated alkanes) is 1. The minimum absolute atomic E-state index is 0.148. The number of hydrogen-bond donors (Lipinski definition) is 2. The molecule has 4 nitrogen and oxygen atoms in total. The highest BCUT2D eigenvalue weighted by atomic mass is 16.5. The second-order valence-electron chi connectivity index (χ2n) is 8.47. The highest BCUT2D eigenvalue weighted by Crippen LogP contribution is 2.32. The summed E-state index contributed by atoms with van der Waals surface area (Å²) in [6.07, 6.45) is 11.7. The normalized spacial score (nSPS) is 15.8. The molecule has 0 aliphatic heterocycles. The van der Waals surface area contributed by atoms with Crippen LogP contribution in [0.15, 0.2) is 54.6 Å². The lowest BCUT2D eigenvalue weighted by Gasteiger charge is -2.22. The zero-order valence-corrected chi connectivity index (χ0v) is 18.2. The Labute approximate surface area is 185 Å². The molecular formula is C27H34O4.